The molecule has 0 radical (unpaired) electrons. The van der Waals surface area contributed by atoms with Crippen LogP contribution in [0, 0.1) is 5.41 Å². The Balaban J connectivity index is 1.34. The molecule has 2 aromatic rings. The number of unbranched alkanes of at least 4 members (excludes halogenated alkanes) is 2. The first-order valence-corrected chi connectivity index (χ1v) is 13.2. The quantitative estimate of drug-likeness (QED) is 0.255. The lowest BCUT2D eigenvalue weighted by atomic mass is 9.51. The van der Waals surface area contributed by atoms with Gasteiger partial charge in [0.15, 0.2) is 0 Å². The molecule has 1 nitrogen and oxygen atoms in total. The Morgan fingerprint density at radius 3 is 1.97 bits per heavy atom. The highest BCUT2D eigenvalue weighted by atomic mass is 16.5. The molecule has 2 aromatic carbocycles. The molecule has 0 aliphatic heterocycles. The fourth-order valence-corrected chi connectivity index (χ4v) is 6.11. The Morgan fingerprint density at radius 1 is 0.750 bits per heavy atom. The van der Waals surface area contributed by atoms with Crippen molar-refractivity contribution in [2.45, 2.75) is 96.3 Å². The summed E-state index contributed by atoms with van der Waals surface area (Å²) in [5.41, 5.74) is 5.31. The lowest BCUT2D eigenvalue weighted by molar-refractivity contribution is 0.0305. The fraction of sp³-hybridized carbons (Fsp3) is 0.548. The molecule has 0 unspecified atom stereocenters. The zero-order valence-corrected chi connectivity index (χ0v) is 20.4. The predicted molar refractivity (Wildman–Crippen MR) is 137 cm³/mol. The van der Waals surface area contributed by atoms with E-state index in [4.69, 9.17) is 4.74 Å². The first-order valence-electron chi connectivity index (χ1n) is 13.2. The maximum absolute atomic E-state index is 5.86. The van der Waals surface area contributed by atoms with Crippen molar-refractivity contribution in [1.82, 2.24) is 0 Å². The maximum Gasteiger partial charge on any atom is 0.119 e. The van der Waals surface area contributed by atoms with Crippen molar-refractivity contribution in [2.24, 2.45) is 5.41 Å². The highest BCUT2D eigenvalue weighted by Gasteiger charge is 2.48. The Morgan fingerprint density at radius 2 is 1.38 bits per heavy atom. The molecule has 32 heavy (non-hydrogen) atoms. The number of fused-ring (bicyclic) bond motifs is 3. The average molecular weight is 431 g/mol. The largest absolute Gasteiger partial charge is 0.493 e. The Labute approximate surface area is 196 Å². The van der Waals surface area contributed by atoms with Crippen molar-refractivity contribution in [2.75, 3.05) is 6.61 Å². The lowest BCUT2D eigenvalue weighted by Gasteiger charge is -2.54. The van der Waals surface area contributed by atoms with E-state index in [0.29, 0.717) is 10.8 Å². The minimum Gasteiger partial charge on any atom is -0.493 e. The zero-order valence-electron chi connectivity index (χ0n) is 20.4. The van der Waals surface area contributed by atoms with Gasteiger partial charge in [-0.15, -0.1) is 0 Å². The van der Waals surface area contributed by atoms with Crippen LogP contribution in [0.1, 0.15) is 96.5 Å². The number of allylic oxidation sites excluding steroid dienone is 1. The van der Waals surface area contributed by atoms with E-state index in [1.54, 1.807) is 5.56 Å². The molecule has 3 aliphatic rings. The Kier molecular flexibility index (Phi) is 7.76. The van der Waals surface area contributed by atoms with E-state index < -0.39 is 0 Å². The molecule has 0 amide bonds. The van der Waals surface area contributed by atoms with E-state index in [1.807, 2.05) is 0 Å². The van der Waals surface area contributed by atoms with Crippen LogP contribution >= 0.6 is 0 Å². The van der Waals surface area contributed by atoms with Gasteiger partial charge in [0.05, 0.1) is 6.61 Å². The number of hydrogen-bond donors (Lipinski definition) is 0. The van der Waals surface area contributed by atoms with Gasteiger partial charge in [-0.3, -0.25) is 0 Å². The third kappa shape index (κ3) is 5.30. The summed E-state index contributed by atoms with van der Waals surface area (Å²) in [6.45, 7) is 5.22. The van der Waals surface area contributed by atoms with E-state index in [0.717, 1.165) is 25.2 Å². The summed E-state index contributed by atoms with van der Waals surface area (Å²) < 4.78 is 5.86. The SMILES string of the molecule is CCC=CCCOc1ccc(-c2ccc(C34CCC(CCCCC)(CC3)CC4)cc2)cc1. The lowest BCUT2D eigenvalue weighted by Crippen LogP contribution is -2.44. The molecular formula is C31H42O. The first-order chi connectivity index (χ1) is 15.7. The minimum absolute atomic E-state index is 0.453. The van der Waals surface area contributed by atoms with Gasteiger partial charge in [-0.25, -0.2) is 0 Å². The second-order valence-corrected chi connectivity index (χ2v) is 10.4. The van der Waals surface area contributed by atoms with Crippen LogP contribution in [-0.2, 0) is 5.41 Å². The number of benzene rings is 2. The van der Waals surface area contributed by atoms with Crippen molar-refractivity contribution in [3.8, 4) is 16.9 Å². The topological polar surface area (TPSA) is 9.23 Å². The van der Waals surface area contributed by atoms with Crippen LogP contribution < -0.4 is 4.74 Å². The van der Waals surface area contributed by atoms with Crippen molar-refractivity contribution in [3.05, 3.63) is 66.2 Å². The maximum atomic E-state index is 5.86. The molecule has 0 heterocycles. The summed E-state index contributed by atoms with van der Waals surface area (Å²) in [5.74, 6) is 0.959. The highest BCUT2D eigenvalue weighted by Crippen LogP contribution is 2.59. The molecule has 5 rings (SSSR count). The number of hydrogen-bond acceptors (Lipinski definition) is 1. The smallest absolute Gasteiger partial charge is 0.119 e. The van der Waals surface area contributed by atoms with Gasteiger partial charge >= 0.3 is 0 Å². The predicted octanol–water partition coefficient (Wildman–Crippen LogP) is 9.26. The molecule has 0 N–H and O–H groups in total. The Bertz CT molecular complexity index is 834. The van der Waals surface area contributed by atoms with Crippen LogP contribution in [0.25, 0.3) is 11.1 Å². The molecule has 172 valence electrons. The van der Waals surface area contributed by atoms with Gasteiger partial charge in [-0.1, -0.05) is 81.7 Å². The van der Waals surface area contributed by atoms with E-state index in [2.05, 4.69) is 74.5 Å². The van der Waals surface area contributed by atoms with Crippen molar-refractivity contribution >= 4 is 0 Å². The standard InChI is InChI=1S/C31H42O/c1-3-5-7-9-25-32-29-16-12-27(13-17-29)26-10-14-28(15-11-26)31-22-19-30(20-23-31,21-24-31)18-8-6-4-2/h5,7,10-17H,3-4,6,8-9,18-25H2,1-2H3. The molecule has 2 bridgehead atoms. The van der Waals surface area contributed by atoms with Gasteiger partial charge in [0.2, 0.25) is 0 Å². The number of rotatable bonds is 11. The zero-order chi connectivity index (χ0) is 22.3. The molecule has 0 spiro atoms. The highest BCUT2D eigenvalue weighted by molar-refractivity contribution is 5.64. The Hall–Kier alpha value is -2.02. The summed E-state index contributed by atoms with van der Waals surface area (Å²) in [4.78, 5) is 0. The van der Waals surface area contributed by atoms with Crippen molar-refractivity contribution < 1.29 is 4.74 Å². The van der Waals surface area contributed by atoms with Crippen LogP contribution in [-0.4, -0.2) is 6.61 Å². The van der Waals surface area contributed by atoms with E-state index in [1.165, 1.54) is 75.3 Å². The summed E-state index contributed by atoms with van der Waals surface area (Å²) in [6.07, 6.45) is 20.7. The van der Waals surface area contributed by atoms with Gasteiger partial charge in [-0.2, -0.15) is 0 Å². The fourth-order valence-electron chi connectivity index (χ4n) is 6.11. The van der Waals surface area contributed by atoms with Crippen LogP contribution in [0.4, 0.5) is 0 Å². The van der Waals surface area contributed by atoms with Crippen LogP contribution in [0.3, 0.4) is 0 Å². The van der Waals surface area contributed by atoms with Gasteiger partial charge in [0.25, 0.3) is 0 Å². The van der Waals surface area contributed by atoms with Crippen molar-refractivity contribution in [1.29, 1.82) is 0 Å². The molecule has 1 heteroatoms. The van der Waals surface area contributed by atoms with Gasteiger partial charge in [-0.05, 0) is 97.4 Å². The van der Waals surface area contributed by atoms with Crippen LogP contribution in [0.5, 0.6) is 5.75 Å². The molecule has 0 atom stereocenters. The summed E-state index contributed by atoms with van der Waals surface area (Å²) in [6, 6.07) is 18.1. The van der Waals surface area contributed by atoms with E-state index in [-0.39, 0.29) is 0 Å². The summed E-state index contributed by atoms with van der Waals surface area (Å²) >= 11 is 0. The van der Waals surface area contributed by atoms with Gasteiger partial charge in [0, 0.05) is 0 Å². The summed E-state index contributed by atoms with van der Waals surface area (Å²) in [7, 11) is 0. The second kappa shape index (κ2) is 10.7. The van der Waals surface area contributed by atoms with Gasteiger partial charge in [0.1, 0.15) is 5.75 Å². The molecule has 3 saturated carbocycles. The molecular weight excluding hydrogens is 388 g/mol. The van der Waals surface area contributed by atoms with Gasteiger partial charge < -0.3 is 4.74 Å². The average Bonchev–Trinajstić information content (AvgIpc) is 2.86. The minimum atomic E-state index is 0.453. The summed E-state index contributed by atoms with van der Waals surface area (Å²) in [5, 5.41) is 0. The normalized spacial score (nSPS) is 24.8. The molecule has 0 aromatic heterocycles. The van der Waals surface area contributed by atoms with Crippen LogP contribution in [0.15, 0.2) is 60.7 Å². The second-order valence-electron chi connectivity index (χ2n) is 10.4. The third-order valence-electron chi connectivity index (χ3n) is 8.35. The van der Waals surface area contributed by atoms with Crippen LogP contribution in [0.2, 0.25) is 0 Å². The monoisotopic (exact) mass is 430 g/mol. The number of ether oxygens (including phenoxy) is 1. The van der Waals surface area contributed by atoms with E-state index in [9.17, 15) is 0 Å². The van der Waals surface area contributed by atoms with E-state index >= 15 is 0 Å². The van der Waals surface area contributed by atoms with Crippen molar-refractivity contribution in [3.63, 3.8) is 0 Å². The first kappa shape index (κ1) is 23.1. The molecule has 3 fully saturated rings. The third-order valence-corrected chi connectivity index (χ3v) is 8.35. The molecule has 0 saturated heterocycles. The molecule has 3 aliphatic carbocycles.